The van der Waals surface area contributed by atoms with Crippen molar-refractivity contribution in [2.45, 2.75) is 18.4 Å². The smallest absolute Gasteiger partial charge is 0.377 e. The molecule has 100 valence electrons. The molecule has 1 heterocycles. The fourth-order valence-corrected chi connectivity index (χ4v) is 1.77. The zero-order valence-corrected chi connectivity index (χ0v) is 9.62. The van der Waals surface area contributed by atoms with Crippen LogP contribution in [-0.2, 0) is 9.53 Å². The van der Waals surface area contributed by atoms with Gasteiger partial charge in [0.2, 0.25) is 0 Å². The van der Waals surface area contributed by atoms with Gasteiger partial charge in [0.25, 0.3) is 0 Å². The molecule has 4 nitrogen and oxygen atoms in total. The zero-order chi connectivity index (χ0) is 14.0. The highest BCUT2D eigenvalue weighted by Gasteiger charge is 2.50. The van der Waals surface area contributed by atoms with Crippen molar-refractivity contribution in [1.82, 2.24) is 0 Å². The number of rotatable bonds is 3. The fraction of sp³-hybridized carbons (Fsp3) is 0.333. The lowest BCUT2D eigenvalue weighted by Crippen LogP contribution is -2.22. The Labute approximate surface area is 106 Å². The van der Waals surface area contributed by atoms with Gasteiger partial charge in [0.1, 0.15) is 23.6 Å². The van der Waals surface area contributed by atoms with Gasteiger partial charge in [-0.2, -0.15) is 14.0 Å². The monoisotopic (exact) mass is 270 g/mol. The summed E-state index contributed by atoms with van der Waals surface area (Å²) in [6.07, 6.45) is -1.73. The van der Waals surface area contributed by atoms with Gasteiger partial charge in [-0.3, -0.25) is 0 Å². The van der Waals surface area contributed by atoms with Crippen LogP contribution >= 0.6 is 0 Å². The standard InChI is InChI=1S/C12H9F3N2O2/c13-9-2-1-3-10(8(9)5-16)17-6-7-4-12(14,15)11(18)19-7/h1-3,7,17H,4,6H2. The van der Waals surface area contributed by atoms with Crippen molar-refractivity contribution >= 4 is 11.7 Å². The van der Waals surface area contributed by atoms with Gasteiger partial charge < -0.3 is 10.1 Å². The molecule has 0 aromatic heterocycles. The van der Waals surface area contributed by atoms with Crippen molar-refractivity contribution < 1.29 is 22.7 Å². The second-order valence-electron chi connectivity index (χ2n) is 4.09. The lowest BCUT2D eigenvalue weighted by molar-refractivity contribution is -0.158. The number of esters is 1. The van der Waals surface area contributed by atoms with Crippen molar-refractivity contribution in [2.24, 2.45) is 0 Å². The van der Waals surface area contributed by atoms with Gasteiger partial charge in [-0.1, -0.05) is 6.07 Å². The predicted molar refractivity (Wildman–Crippen MR) is 59.0 cm³/mol. The van der Waals surface area contributed by atoms with Crippen molar-refractivity contribution in [3.8, 4) is 6.07 Å². The van der Waals surface area contributed by atoms with E-state index in [2.05, 4.69) is 10.1 Å². The first-order valence-electron chi connectivity index (χ1n) is 5.45. The summed E-state index contributed by atoms with van der Waals surface area (Å²) in [5.74, 6) is -5.74. The molecule has 1 aromatic rings. The quantitative estimate of drug-likeness (QED) is 0.854. The molecular weight excluding hydrogens is 261 g/mol. The molecule has 19 heavy (non-hydrogen) atoms. The topological polar surface area (TPSA) is 62.1 Å². The Morgan fingerprint density at radius 3 is 2.84 bits per heavy atom. The maximum absolute atomic E-state index is 13.3. The zero-order valence-electron chi connectivity index (χ0n) is 9.62. The van der Waals surface area contributed by atoms with E-state index in [0.29, 0.717) is 0 Å². The normalized spacial score (nSPS) is 20.7. The molecular formula is C12H9F3N2O2. The Bertz CT molecular complexity index is 554. The molecule has 1 saturated heterocycles. The van der Waals surface area contributed by atoms with E-state index in [1.165, 1.54) is 12.1 Å². The number of hydrogen-bond donors (Lipinski definition) is 1. The first kappa shape index (κ1) is 13.2. The lowest BCUT2D eigenvalue weighted by atomic mass is 10.1. The molecule has 0 spiro atoms. The maximum Gasteiger partial charge on any atom is 0.377 e. The van der Waals surface area contributed by atoms with Gasteiger partial charge in [-0.25, -0.2) is 9.18 Å². The highest BCUT2D eigenvalue weighted by molar-refractivity contribution is 5.79. The number of halogens is 3. The minimum atomic E-state index is -3.48. The van der Waals surface area contributed by atoms with Crippen LogP contribution < -0.4 is 5.32 Å². The summed E-state index contributed by atoms with van der Waals surface area (Å²) >= 11 is 0. The van der Waals surface area contributed by atoms with Crippen LogP contribution in [0.3, 0.4) is 0 Å². The van der Waals surface area contributed by atoms with Crippen molar-refractivity contribution in [3.63, 3.8) is 0 Å². The molecule has 1 aliphatic rings. The third kappa shape index (κ3) is 2.62. The van der Waals surface area contributed by atoms with Gasteiger partial charge >= 0.3 is 11.9 Å². The number of alkyl halides is 2. The minimum Gasteiger partial charge on any atom is -0.456 e. The van der Waals surface area contributed by atoms with Crippen molar-refractivity contribution in [3.05, 3.63) is 29.6 Å². The Hall–Kier alpha value is -2.23. The van der Waals surface area contributed by atoms with Crippen molar-refractivity contribution in [1.29, 1.82) is 5.26 Å². The second kappa shape index (κ2) is 4.80. The van der Waals surface area contributed by atoms with E-state index in [4.69, 9.17) is 5.26 Å². The fourth-order valence-electron chi connectivity index (χ4n) is 1.77. The molecule has 0 amide bonds. The van der Waals surface area contributed by atoms with E-state index >= 15 is 0 Å². The van der Waals surface area contributed by atoms with E-state index in [1.807, 2.05) is 0 Å². The molecule has 1 aliphatic heterocycles. The van der Waals surface area contributed by atoms with Gasteiger partial charge in [-0.15, -0.1) is 0 Å². The van der Waals surface area contributed by atoms with E-state index in [1.54, 1.807) is 6.07 Å². The van der Waals surface area contributed by atoms with Gasteiger partial charge in [-0.05, 0) is 12.1 Å². The maximum atomic E-state index is 13.3. The van der Waals surface area contributed by atoms with E-state index < -0.39 is 30.2 Å². The van der Waals surface area contributed by atoms with Crippen LogP contribution in [-0.4, -0.2) is 24.5 Å². The number of benzene rings is 1. The highest BCUT2D eigenvalue weighted by Crippen LogP contribution is 2.31. The minimum absolute atomic E-state index is 0.112. The van der Waals surface area contributed by atoms with E-state index in [-0.39, 0.29) is 17.8 Å². The summed E-state index contributed by atoms with van der Waals surface area (Å²) in [4.78, 5) is 10.8. The summed E-state index contributed by atoms with van der Waals surface area (Å²) in [5.41, 5.74) is -0.0349. The van der Waals surface area contributed by atoms with Crippen LogP contribution in [0.1, 0.15) is 12.0 Å². The molecule has 1 N–H and O–H groups in total. The van der Waals surface area contributed by atoms with Crippen LogP contribution in [0.5, 0.6) is 0 Å². The summed E-state index contributed by atoms with van der Waals surface area (Å²) in [6, 6.07) is 5.61. The third-order valence-electron chi connectivity index (χ3n) is 2.70. The molecule has 0 saturated carbocycles. The van der Waals surface area contributed by atoms with E-state index in [0.717, 1.165) is 6.07 Å². The molecule has 1 atom stereocenters. The number of cyclic esters (lactones) is 1. The van der Waals surface area contributed by atoms with Gasteiger partial charge in [0, 0.05) is 0 Å². The molecule has 1 fully saturated rings. The third-order valence-corrected chi connectivity index (χ3v) is 2.70. The first-order valence-corrected chi connectivity index (χ1v) is 5.45. The largest absolute Gasteiger partial charge is 0.456 e. The number of nitrogens with zero attached hydrogens (tertiary/aromatic N) is 1. The molecule has 1 unspecified atom stereocenters. The second-order valence-corrected chi connectivity index (χ2v) is 4.09. The summed E-state index contributed by atoms with van der Waals surface area (Å²) in [7, 11) is 0. The van der Waals surface area contributed by atoms with E-state index in [9.17, 15) is 18.0 Å². The molecule has 0 bridgehead atoms. The summed E-state index contributed by atoms with van der Waals surface area (Å²) in [6.45, 7) is -0.112. The highest BCUT2D eigenvalue weighted by atomic mass is 19.3. The Kier molecular flexibility index (Phi) is 3.34. The first-order chi connectivity index (χ1) is 8.94. The summed E-state index contributed by atoms with van der Waals surface area (Å²) < 4.78 is 43.6. The Morgan fingerprint density at radius 2 is 2.26 bits per heavy atom. The van der Waals surface area contributed by atoms with Crippen LogP contribution in [0.15, 0.2) is 18.2 Å². The number of carbonyl (C=O) groups is 1. The van der Waals surface area contributed by atoms with Crippen LogP contribution in [0.4, 0.5) is 18.9 Å². The molecule has 0 radical (unpaired) electrons. The number of ether oxygens (including phenoxy) is 1. The number of carbonyl (C=O) groups excluding carboxylic acids is 1. The average Bonchev–Trinajstić information content (AvgIpc) is 2.60. The Balaban J connectivity index is 2.03. The molecule has 7 heteroatoms. The van der Waals surface area contributed by atoms with Gasteiger partial charge in [0.05, 0.1) is 18.7 Å². The summed E-state index contributed by atoms with van der Waals surface area (Å²) in [5, 5.41) is 11.4. The predicted octanol–water partition coefficient (Wildman–Crippen LogP) is 2.06. The SMILES string of the molecule is N#Cc1c(F)cccc1NCC1CC(F)(F)C(=O)O1. The lowest BCUT2D eigenvalue weighted by Gasteiger charge is -2.12. The van der Waals surface area contributed by atoms with Crippen LogP contribution in [0.25, 0.3) is 0 Å². The number of anilines is 1. The number of hydrogen-bond acceptors (Lipinski definition) is 4. The molecule has 2 rings (SSSR count). The Morgan fingerprint density at radius 1 is 1.53 bits per heavy atom. The molecule has 1 aromatic carbocycles. The number of nitriles is 1. The average molecular weight is 270 g/mol. The molecule has 0 aliphatic carbocycles. The van der Waals surface area contributed by atoms with Gasteiger partial charge in [0.15, 0.2) is 0 Å². The number of nitrogens with one attached hydrogen (secondary N) is 1. The van der Waals surface area contributed by atoms with Crippen molar-refractivity contribution in [2.75, 3.05) is 11.9 Å². The van der Waals surface area contributed by atoms with Crippen LogP contribution in [0, 0.1) is 17.1 Å². The van der Waals surface area contributed by atoms with Crippen LogP contribution in [0.2, 0.25) is 0 Å².